The molecule has 1 aromatic rings. The summed E-state index contributed by atoms with van der Waals surface area (Å²) in [7, 11) is -3.63. The Hall–Kier alpha value is -1.17. The normalized spacial score (nSPS) is 12.7. The van der Waals surface area contributed by atoms with E-state index in [2.05, 4.69) is 6.58 Å². The molecular formula is C15H23NO3S. The minimum Gasteiger partial charge on any atom is -0.392 e. The molecule has 0 heterocycles. The molecule has 0 aliphatic heterocycles. The van der Waals surface area contributed by atoms with Crippen molar-refractivity contribution in [2.75, 3.05) is 6.54 Å². The Bertz CT molecular complexity index is 586. The van der Waals surface area contributed by atoms with Crippen LogP contribution in [0.1, 0.15) is 31.9 Å². The van der Waals surface area contributed by atoms with Crippen molar-refractivity contribution in [2.24, 2.45) is 0 Å². The third kappa shape index (κ3) is 3.48. The lowest BCUT2D eigenvalue weighted by atomic mass is 10.1. The molecular weight excluding hydrogens is 274 g/mol. The summed E-state index contributed by atoms with van der Waals surface area (Å²) in [4.78, 5) is 0.237. The average molecular weight is 297 g/mol. The van der Waals surface area contributed by atoms with Gasteiger partial charge in [-0.2, -0.15) is 4.31 Å². The first-order valence-corrected chi connectivity index (χ1v) is 7.92. The minimum absolute atomic E-state index is 0.181. The highest BCUT2D eigenvalue weighted by Gasteiger charge is 2.33. The van der Waals surface area contributed by atoms with E-state index in [4.69, 9.17) is 0 Å². The van der Waals surface area contributed by atoms with E-state index in [-0.39, 0.29) is 18.0 Å². The molecule has 0 amide bonds. The number of aryl methyl sites for hydroxylation is 1. The van der Waals surface area contributed by atoms with Gasteiger partial charge in [0.15, 0.2) is 0 Å². The van der Waals surface area contributed by atoms with E-state index in [9.17, 15) is 13.5 Å². The lowest BCUT2D eigenvalue weighted by molar-refractivity contribution is 0.269. The van der Waals surface area contributed by atoms with Crippen LogP contribution < -0.4 is 0 Å². The molecule has 0 saturated carbocycles. The van der Waals surface area contributed by atoms with Crippen molar-refractivity contribution in [1.82, 2.24) is 4.31 Å². The monoisotopic (exact) mass is 297 g/mol. The first-order valence-electron chi connectivity index (χ1n) is 6.48. The highest BCUT2D eigenvalue weighted by atomic mass is 32.2. The van der Waals surface area contributed by atoms with Gasteiger partial charge in [0.2, 0.25) is 10.0 Å². The lowest BCUT2D eigenvalue weighted by Gasteiger charge is -2.34. The number of sulfonamides is 1. The van der Waals surface area contributed by atoms with E-state index in [0.717, 1.165) is 0 Å². The van der Waals surface area contributed by atoms with Crippen molar-refractivity contribution in [2.45, 2.75) is 44.7 Å². The molecule has 0 radical (unpaired) electrons. The molecule has 0 aliphatic rings. The van der Waals surface area contributed by atoms with Gasteiger partial charge in [0.05, 0.1) is 11.5 Å². The Kier molecular flexibility index (Phi) is 5.13. The SMILES string of the molecule is C=CCN(C(C)(C)C)S(=O)(=O)c1cc(CO)ccc1C. The van der Waals surface area contributed by atoms with E-state index in [0.29, 0.717) is 11.1 Å². The van der Waals surface area contributed by atoms with E-state index >= 15 is 0 Å². The number of hydrogen-bond donors (Lipinski definition) is 1. The van der Waals surface area contributed by atoms with Crippen LogP contribution in [0.3, 0.4) is 0 Å². The summed E-state index contributed by atoms with van der Waals surface area (Å²) < 4.78 is 27.1. The number of benzene rings is 1. The first-order chi connectivity index (χ1) is 9.14. The van der Waals surface area contributed by atoms with Crippen LogP contribution in [0.15, 0.2) is 35.7 Å². The van der Waals surface area contributed by atoms with Gasteiger partial charge >= 0.3 is 0 Å². The Balaban J connectivity index is 3.44. The fourth-order valence-electron chi connectivity index (χ4n) is 1.99. The number of nitrogens with zero attached hydrogens (tertiary/aromatic N) is 1. The highest BCUT2D eigenvalue weighted by Crippen LogP contribution is 2.27. The van der Waals surface area contributed by atoms with E-state index in [1.54, 1.807) is 25.1 Å². The maximum absolute atomic E-state index is 12.9. The van der Waals surface area contributed by atoms with Gasteiger partial charge in [-0.05, 0) is 44.9 Å². The predicted octanol–water partition coefficient (Wildman–Crippen LogP) is 2.46. The standard InChI is InChI=1S/C15H23NO3S/c1-6-9-16(15(3,4)5)20(18,19)14-10-13(11-17)8-7-12(14)2/h6-8,10,17H,1,9,11H2,2-5H3. The summed E-state index contributed by atoms with van der Waals surface area (Å²) in [5, 5.41) is 9.20. The average Bonchev–Trinajstić information content (AvgIpc) is 2.34. The van der Waals surface area contributed by atoms with Crippen LogP contribution in [0.4, 0.5) is 0 Å². The van der Waals surface area contributed by atoms with Gasteiger partial charge in [0.25, 0.3) is 0 Å². The molecule has 0 unspecified atom stereocenters. The molecule has 0 aromatic heterocycles. The summed E-state index contributed by atoms with van der Waals surface area (Å²) in [5.74, 6) is 0. The smallest absolute Gasteiger partial charge is 0.244 e. The minimum atomic E-state index is -3.63. The van der Waals surface area contributed by atoms with E-state index < -0.39 is 15.6 Å². The third-order valence-corrected chi connectivity index (χ3v) is 5.32. The van der Waals surface area contributed by atoms with Crippen LogP contribution in [0, 0.1) is 6.92 Å². The highest BCUT2D eigenvalue weighted by molar-refractivity contribution is 7.89. The molecule has 0 aliphatic carbocycles. The number of hydrogen-bond acceptors (Lipinski definition) is 3. The Morgan fingerprint density at radius 3 is 2.40 bits per heavy atom. The molecule has 0 atom stereocenters. The summed E-state index contributed by atoms with van der Waals surface area (Å²) in [6.45, 7) is 11.0. The topological polar surface area (TPSA) is 57.6 Å². The van der Waals surface area contributed by atoms with Crippen molar-refractivity contribution in [3.05, 3.63) is 42.0 Å². The molecule has 4 nitrogen and oxygen atoms in total. The summed E-state index contributed by atoms with van der Waals surface area (Å²) >= 11 is 0. The number of aliphatic hydroxyl groups is 1. The number of aliphatic hydroxyl groups excluding tert-OH is 1. The van der Waals surface area contributed by atoms with Gasteiger partial charge in [-0.1, -0.05) is 18.2 Å². The van der Waals surface area contributed by atoms with Crippen LogP contribution in [0.2, 0.25) is 0 Å². The first kappa shape index (κ1) is 16.9. The fourth-order valence-corrected chi connectivity index (χ4v) is 4.02. The Morgan fingerprint density at radius 2 is 1.95 bits per heavy atom. The second-order valence-electron chi connectivity index (χ2n) is 5.75. The second kappa shape index (κ2) is 6.08. The van der Waals surface area contributed by atoms with Gasteiger partial charge in [-0.3, -0.25) is 0 Å². The fraction of sp³-hybridized carbons (Fsp3) is 0.467. The molecule has 5 heteroatoms. The van der Waals surface area contributed by atoms with Crippen LogP contribution in [-0.4, -0.2) is 29.9 Å². The Morgan fingerprint density at radius 1 is 1.35 bits per heavy atom. The van der Waals surface area contributed by atoms with Crippen molar-refractivity contribution in [1.29, 1.82) is 0 Å². The summed E-state index contributed by atoms with van der Waals surface area (Å²) in [6.07, 6.45) is 1.58. The number of rotatable bonds is 5. The Labute approximate surface area is 121 Å². The molecule has 1 aromatic carbocycles. The van der Waals surface area contributed by atoms with Gasteiger partial charge in [-0.15, -0.1) is 6.58 Å². The van der Waals surface area contributed by atoms with Gasteiger partial charge < -0.3 is 5.11 Å². The lowest BCUT2D eigenvalue weighted by Crippen LogP contribution is -2.45. The molecule has 112 valence electrons. The van der Waals surface area contributed by atoms with Crippen LogP contribution in [0.5, 0.6) is 0 Å². The maximum atomic E-state index is 12.9. The van der Waals surface area contributed by atoms with Crippen molar-refractivity contribution < 1.29 is 13.5 Å². The summed E-state index contributed by atoms with van der Waals surface area (Å²) in [5.41, 5.74) is 0.705. The molecule has 1 N–H and O–H groups in total. The van der Waals surface area contributed by atoms with Gasteiger partial charge in [0.1, 0.15) is 0 Å². The third-order valence-electron chi connectivity index (χ3n) is 3.05. The molecule has 0 spiro atoms. The summed E-state index contributed by atoms with van der Waals surface area (Å²) in [6, 6.07) is 4.98. The van der Waals surface area contributed by atoms with Crippen LogP contribution in [-0.2, 0) is 16.6 Å². The largest absolute Gasteiger partial charge is 0.392 e. The van der Waals surface area contributed by atoms with Crippen molar-refractivity contribution in [3.63, 3.8) is 0 Å². The molecule has 0 bridgehead atoms. The predicted molar refractivity (Wildman–Crippen MR) is 80.9 cm³/mol. The van der Waals surface area contributed by atoms with Crippen molar-refractivity contribution >= 4 is 10.0 Å². The van der Waals surface area contributed by atoms with Crippen molar-refractivity contribution in [3.8, 4) is 0 Å². The van der Waals surface area contributed by atoms with Gasteiger partial charge in [0, 0.05) is 12.1 Å². The molecule has 20 heavy (non-hydrogen) atoms. The van der Waals surface area contributed by atoms with Crippen LogP contribution >= 0.6 is 0 Å². The zero-order chi connectivity index (χ0) is 15.6. The maximum Gasteiger partial charge on any atom is 0.244 e. The zero-order valence-electron chi connectivity index (χ0n) is 12.5. The molecule has 0 fully saturated rings. The second-order valence-corrected chi connectivity index (χ2v) is 7.58. The molecule has 0 saturated heterocycles. The zero-order valence-corrected chi connectivity index (χ0v) is 13.4. The van der Waals surface area contributed by atoms with Crippen LogP contribution in [0.25, 0.3) is 0 Å². The quantitative estimate of drug-likeness (QED) is 0.849. The van der Waals surface area contributed by atoms with E-state index in [1.165, 1.54) is 10.4 Å². The molecule has 1 rings (SSSR count). The van der Waals surface area contributed by atoms with E-state index in [1.807, 2.05) is 20.8 Å². The van der Waals surface area contributed by atoms with Gasteiger partial charge in [-0.25, -0.2) is 8.42 Å².